The molecule has 0 saturated heterocycles. The molecule has 0 aromatic carbocycles. The van der Waals surface area contributed by atoms with Crippen LogP contribution in [0.1, 0.15) is 6.92 Å². The van der Waals surface area contributed by atoms with Crippen LogP contribution in [0.5, 0.6) is 0 Å². The molecule has 0 bridgehead atoms. The first-order valence-electron chi connectivity index (χ1n) is 3.00. The van der Waals surface area contributed by atoms with Crippen LogP contribution in [-0.4, -0.2) is 0 Å². The fourth-order valence-corrected chi connectivity index (χ4v) is 0.453. The molecule has 0 fully saturated rings. The van der Waals surface area contributed by atoms with Crippen molar-refractivity contribution in [3.05, 3.63) is 48.9 Å². The number of halogens is 1. The van der Waals surface area contributed by atoms with E-state index in [4.69, 9.17) is 0 Å². The molecule has 0 unspecified atom stereocenters. The first-order valence-corrected chi connectivity index (χ1v) is 3.00. The Morgan fingerprint density at radius 1 is 1.40 bits per heavy atom. The summed E-state index contributed by atoms with van der Waals surface area (Å²) in [5.74, 6) is -0.293. The lowest BCUT2D eigenvalue weighted by molar-refractivity contribution is 0.659. The monoisotopic (exact) mass is 138 g/mol. The molecule has 0 aliphatic carbocycles. The van der Waals surface area contributed by atoms with Crippen LogP contribution in [0.3, 0.4) is 0 Å². The van der Waals surface area contributed by atoms with Gasteiger partial charge >= 0.3 is 0 Å². The van der Waals surface area contributed by atoms with E-state index in [0.717, 1.165) is 0 Å². The molecular weight excluding hydrogens is 127 g/mol. The Hall–Kier alpha value is -1.11. The minimum absolute atomic E-state index is 0.293. The zero-order valence-corrected chi connectivity index (χ0v) is 6.10. The molecule has 0 amide bonds. The van der Waals surface area contributed by atoms with Crippen molar-refractivity contribution in [2.24, 2.45) is 0 Å². The zero-order chi connectivity index (χ0) is 7.98. The number of allylic oxidation sites excluding steroid dienone is 6. The summed E-state index contributed by atoms with van der Waals surface area (Å²) >= 11 is 0. The maximum absolute atomic E-state index is 12.5. The second-order valence-electron chi connectivity index (χ2n) is 1.83. The topological polar surface area (TPSA) is 0 Å². The summed E-state index contributed by atoms with van der Waals surface area (Å²) in [6.45, 7) is 8.43. The molecule has 54 valence electrons. The van der Waals surface area contributed by atoms with Crippen molar-refractivity contribution in [3.63, 3.8) is 0 Å². The average Bonchev–Trinajstić information content (AvgIpc) is 1.98. The van der Waals surface area contributed by atoms with Gasteiger partial charge in [0.25, 0.3) is 0 Å². The van der Waals surface area contributed by atoms with Crippen molar-refractivity contribution >= 4 is 0 Å². The van der Waals surface area contributed by atoms with E-state index in [2.05, 4.69) is 13.2 Å². The standard InChI is InChI=1S/C9H11F/c1-4-6-7-8(3)9(10)5-2/h4-7H,1-2H2,3H3/b7-6-,9-8+. The van der Waals surface area contributed by atoms with Gasteiger partial charge in [0.15, 0.2) is 0 Å². The summed E-state index contributed by atoms with van der Waals surface area (Å²) in [6.07, 6.45) is 6.10. The molecular formula is C9H11F. The lowest BCUT2D eigenvalue weighted by Crippen LogP contribution is -1.71. The molecule has 0 saturated carbocycles. The van der Waals surface area contributed by atoms with E-state index in [9.17, 15) is 4.39 Å². The van der Waals surface area contributed by atoms with E-state index in [-0.39, 0.29) is 5.83 Å². The predicted octanol–water partition coefficient (Wildman–Crippen LogP) is 3.16. The quantitative estimate of drug-likeness (QED) is 0.525. The maximum Gasteiger partial charge on any atom is 0.125 e. The molecule has 10 heavy (non-hydrogen) atoms. The molecule has 0 spiro atoms. The van der Waals surface area contributed by atoms with E-state index >= 15 is 0 Å². The molecule has 0 aromatic rings. The number of hydrogen-bond acceptors (Lipinski definition) is 0. The number of hydrogen-bond donors (Lipinski definition) is 0. The van der Waals surface area contributed by atoms with Crippen molar-refractivity contribution in [1.82, 2.24) is 0 Å². The van der Waals surface area contributed by atoms with Gasteiger partial charge in [-0.15, -0.1) is 0 Å². The summed E-state index contributed by atoms with van der Waals surface area (Å²) in [7, 11) is 0. The number of rotatable bonds is 3. The first-order chi connectivity index (χ1) is 4.72. The van der Waals surface area contributed by atoms with Crippen molar-refractivity contribution in [2.45, 2.75) is 6.92 Å². The zero-order valence-electron chi connectivity index (χ0n) is 6.10. The fourth-order valence-electron chi connectivity index (χ4n) is 0.453. The van der Waals surface area contributed by atoms with Crippen LogP contribution in [0.25, 0.3) is 0 Å². The van der Waals surface area contributed by atoms with Gasteiger partial charge in [-0.1, -0.05) is 31.4 Å². The van der Waals surface area contributed by atoms with Gasteiger partial charge in [-0.25, -0.2) is 4.39 Å². The second kappa shape index (κ2) is 4.74. The molecule has 1 heteroatoms. The van der Waals surface area contributed by atoms with Gasteiger partial charge in [-0.2, -0.15) is 0 Å². The van der Waals surface area contributed by atoms with Gasteiger partial charge in [0.1, 0.15) is 5.83 Å². The van der Waals surface area contributed by atoms with Gasteiger partial charge in [-0.05, 0) is 18.6 Å². The molecule has 0 aliphatic heterocycles. The third kappa shape index (κ3) is 3.02. The molecule has 0 radical (unpaired) electrons. The minimum atomic E-state index is -0.293. The van der Waals surface area contributed by atoms with Crippen LogP contribution in [0.2, 0.25) is 0 Å². The van der Waals surface area contributed by atoms with Crippen LogP contribution in [0.15, 0.2) is 48.9 Å². The second-order valence-corrected chi connectivity index (χ2v) is 1.83. The van der Waals surface area contributed by atoms with Crippen LogP contribution in [0.4, 0.5) is 4.39 Å². The fraction of sp³-hybridized carbons (Fsp3) is 0.111. The van der Waals surface area contributed by atoms with Crippen LogP contribution < -0.4 is 0 Å². The van der Waals surface area contributed by atoms with Crippen LogP contribution >= 0.6 is 0 Å². The third-order valence-corrected chi connectivity index (χ3v) is 1.04. The lowest BCUT2D eigenvalue weighted by Gasteiger charge is -1.89. The van der Waals surface area contributed by atoms with Gasteiger partial charge in [0, 0.05) is 0 Å². The van der Waals surface area contributed by atoms with Crippen LogP contribution in [0, 0.1) is 0 Å². The normalized spacial score (nSPS) is 13.0. The highest BCUT2D eigenvalue weighted by Crippen LogP contribution is 2.07. The van der Waals surface area contributed by atoms with Crippen LogP contribution in [-0.2, 0) is 0 Å². The summed E-state index contributed by atoms with van der Waals surface area (Å²) in [5.41, 5.74) is 0.565. The van der Waals surface area contributed by atoms with Crippen molar-refractivity contribution in [2.75, 3.05) is 0 Å². The van der Waals surface area contributed by atoms with Gasteiger partial charge in [-0.3, -0.25) is 0 Å². The van der Waals surface area contributed by atoms with Gasteiger partial charge in [0.2, 0.25) is 0 Å². The Morgan fingerprint density at radius 2 is 2.00 bits per heavy atom. The molecule has 0 heterocycles. The van der Waals surface area contributed by atoms with E-state index < -0.39 is 0 Å². The SMILES string of the molecule is C=C/C=C\C(C)=C(\F)C=C. The Balaban J connectivity index is 4.31. The van der Waals surface area contributed by atoms with E-state index in [1.165, 1.54) is 6.08 Å². The largest absolute Gasteiger partial charge is 0.207 e. The van der Waals surface area contributed by atoms with Gasteiger partial charge in [0.05, 0.1) is 0 Å². The summed E-state index contributed by atoms with van der Waals surface area (Å²) in [6, 6.07) is 0. The summed E-state index contributed by atoms with van der Waals surface area (Å²) in [4.78, 5) is 0. The van der Waals surface area contributed by atoms with E-state index in [0.29, 0.717) is 5.57 Å². The predicted molar refractivity (Wildman–Crippen MR) is 43.3 cm³/mol. The Kier molecular flexibility index (Phi) is 4.21. The van der Waals surface area contributed by atoms with Crippen molar-refractivity contribution in [3.8, 4) is 0 Å². The Morgan fingerprint density at radius 3 is 2.40 bits per heavy atom. The smallest absolute Gasteiger partial charge is 0.125 e. The third-order valence-electron chi connectivity index (χ3n) is 1.04. The first kappa shape index (κ1) is 8.89. The Labute approximate surface area is 61.1 Å². The van der Waals surface area contributed by atoms with Gasteiger partial charge < -0.3 is 0 Å². The lowest BCUT2D eigenvalue weighted by atomic mass is 10.2. The minimum Gasteiger partial charge on any atom is -0.207 e. The highest BCUT2D eigenvalue weighted by Gasteiger charge is 1.89. The molecule has 0 nitrogen and oxygen atoms in total. The summed E-state index contributed by atoms with van der Waals surface area (Å²) < 4.78 is 12.5. The molecule has 0 rings (SSSR count). The molecule has 0 aliphatic rings. The highest BCUT2D eigenvalue weighted by atomic mass is 19.1. The highest BCUT2D eigenvalue weighted by molar-refractivity contribution is 5.27. The molecule has 0 aromatic heterocycles. The maximum atomic E-state index is 12.5. The Bertz CT molecular complexity index is 185. The summed E-state index contributed by atoms with van der Waals surface area (Å²) in [5, 5.41) is 0. The van der Waals surface area contributed by atoms with Crippen molar-refractivity contribution in [1.29, 1.82) is 0 Å². The molecule has 0 N–H and O–H groups in total. The average molecular weight is 138 g/mol. The van der Waals surface area contributed by atoms with E-state index in [1.807, 2.05) is 0 Å². The van der Waals surface area contributed by atoms with Crippen molar-refractivity contribution < 1.29 is 4.39 Å². The molecule has 0 atom stereocenters. The van der Waals surface area contributed by atoms with E-state index in [1.54, 1.807) is 25.2 Å².